The first-order valence-electron chi connectivity index (χ1n) is 7.36. The Labute approximate surface area is 126 Å². The first-order valence-corrected chi connectivity index (χ1v) is 7.36. The second kappa shape index (κ2) is 6.45. The number of hydrogen-bond acceptors (Lipinski definition) is 4. The fraction of sp³-hybridized carbons (Fsp3) is 0.562. The van der Waals surface area contributed by atoms with Gasteiger partial charge in [0.25, 0.3) is 0 Å². The van der Waals surface area contributed by atoms with Gasteiger partial charge < -0.3 is 15.6 Å². The van der Waals surface area contributed by atoms with Crippen LogP contribution in [-0.2, 0) is 6.54 Å². The van der Waals surface area contributed by atoms with Gasteiger partial charge >= 0.3 is 0 Å². The standard InChI is InChI=1S/C16H25N3O2/c1-19(11-16(20)7-3-4-8-16)10-12-5-6-14(21-2)13(9-12)15(17)18/h5-6,9,20H,3-4,7-8,10-11H2,1-2H3,(H3,17,18). The highest BCUT2D eigenvalue weighted by Crippen LogP contribution is 2.30. The lowest BCUT2D eigenvalue weighted by Crippen LogP contribution is -2.38. The molecule has 4 N–H and O–H groups in total. The zero-order valence-electron chi connectivity index (χ0n) is 12.9. The fourth-order valence-corrected chi connectivity index (χ4v) is 3.13. The second-order valence-corrected chi connectivity index (χ2v) is 6.05. The Morgan fingerprint density at radius 1 is 1.43 bits per heavy atom. The van der Waals surface area contributed by atoms with Gasteiger partial charge in [0.1, 0.15) is 11.6 Å². The molecule has 0 radical (unpaired) electrons. The SMILES string of the molecule is COc1ccc(CN(C)CC2(O)CCCC2)cc1C(=N)N. The largest absolute Gasteiger partial charge is 0.496 e. The topological polar surface area (TPSA) is 82.6 Å². The summed E-state index contributed by atoms with van der Waals surface area (Å²) in [6, 6.07) is 5.70. The van der Waals surface area contributed by atoms with Crippen molar-refractivity contribution in [3.05, 3.63) is 29.3 Å². The quantitative estimate of drug-likeness (QED) is 0.550. The Balaban J connectivity index is 2.05. The molecule has 0 aliphatic heterocycles. The number of nitrogens with zero attached hydrogens (tertiary/aromatic N) is 1. The first kappa shape index (κ1) is 15.8. The molecule has 21 heavy (non-hydrogen) atoms. The predicted octanol–water partition coefficient (Wildman–Crippen LogP) is 1.72. The van der Waals surface area contributed by atoms with Crippen LogP contribution in [0.1, 0.15) is 36.8 Å². The van der Waals surface area contributed by atoms with Crippen LogP contribution in [0.2, 0.25) is 0 Å². The molecule has 1 aromatic rings. The number of nitrogens with two attached hydrogens (primary N) is 1. The van der Waals surface area contributed by atoms with Gasteiger partial charge in [-0.15, -0.1) is 0 Å². The van der Waals surface area contributed by atoms with Crippen molar-refractivity contribution in [1.82, 2.24) is 4.90 Å². The Hall–Kier alpha value is -1.59. The summed E-state index contributed by atoms with van der Waals surface area (Å²) in [7, 11) is 3.58. The molecule has 5 nitrogen and oxygen atoms in total. The summed E-state index contributed by atoms with van der Waals surface area (Å²) in [5.41, 5.74) is 6.73. The van der Waals surface area contributed by atoms with Gasteiger partial charge in [0, 0.05) is 13.1 Å². The van der Waals surface area contributed by atoms with Gasteiger partial charge in [0.15, 0.2) is 0 Å². The van der Waals surface area contributed by atoms with Crippen molar-refractivity contribution in [2.45, 2.75) is 37.8 Å². The maximum Gasteiger partial charge on any atom is 0.129 e. The van der Waals surface area contributed by atoms with Crippen LogP contribution in [0.15, 0.2) is 18.2 Å². The number of aliphatic hydroxyl groups is 1. The maximum absolute atomic E-state index is 10.4. The van der Waals surface area contributed by atoms with Gasteiger partial charge in [-0.05, 0) is 37.6 Å². The van der Waals surface area contributed by atoms with Gasteiger partial charge in [0.2, 0.25) is 0 Å². The van der Waals surface area contributed by atoms with Gasteiger partial charge in [-0.25, -0.2) is 0 Å². The van der Waals surface area contributed by atoms with Gasteiger partial charge in [-0.2, -0.15) is 0 Å². The molecular formula is C16H25N3O2. The number of methoxy groups -OCH3 is 1. The molecule has 0 aromatic heterocycles. The number of hydrogen-bond donors (Lipinski definition) is 3. The molecule has 1 saturated carbocycles. The highest BCUT2D eigenvalue weighted by Gasteiger charge is 2.32. The molecule has 0 spiro atoms. The third kappa shape index (κ3) is 3.95. The van der Waals surface area contributed by atoms with Crippen LogP contribution in [0.4, 0.5) is 0 Å². The molecule has 0 atom stereocenters. The number of amidine groups is 1. The summed E-state index contributed by atoms with van der Waals surface area (Å²) in [6.45, 7) is 1.39. The van der Waals surface area contributed by atoms with E-state index in [1.807, 2.05) is 25.2 Å². The van der Waals surface area contributed by atoms with Gasteiger partial charge in [-0.3, -0.25) is 10.3 Å². The summed E-state index contributed by atoms with van der Waals surface area (Å²) in [5, 5.41) is 18.1. The molecule has 1 aromatic carbocycles. The van der Waals surface area contributed by atoms with E-state index in [0.29, 0.717) is 24.4 Å². The lowest BCUT2D eigenvalue weighted by Gasteiger charge is -2.28. The molecule has 5 heteroatoms. The van der Waals surface area contributed by atoms with Crippen LogP contribution in [0, 0.1) is 5.41 Å². The third-order valence-electron chi connectivity index (χ3n) is 4.11. The van der Waals surface area contributed by atoms with Crippen LogP contribution in [0.25, 0.3) is 0 Å². The lowest BCUT2D eigenvalue weighted by molar-refractivity contribution is 0.0145. The summed E-state index contributed by atoms with van der Waals surface area (Å²) in [4.78, 5) is 2.12. The zero-order valence-corrected chi connectivity index (χ0v) is 12.9. The summed E-state index contributed by atoms with van der Waals surface area (Å²) >= 11 is 0. The van der Waals surface area contributed by atoms with E-state index < -0.39 is 5.60 Å². The molecule has 1 aliphatic carbocycles. The Kier molecular flexibility index (Phi) is 4.85. The highest BCUT2D eigenvalue weighted by molar-refractivity contribution is 5.97. The van der Waals surface area contributed by atoms with Crippen molar-refractivity contribution >= 4 is 5.84 Å². The Morgan fingerprint density at radius 3 is 2.67 bits per heavy atom. The van der Waals surface area contributed by atoms with E-state index in [2.05, 4.69) is 4.90 Å². The monoisotopic (exact) mass is 291 g/mol. The van der Waals surface area contributed by atoms with Crippen molar-refractivity contribution < 1.29 is 9.84 Å². The molecule has 0 unspecified atom stereocenters. The molecule has 0 bridgehead atoms. The van der Waals surface area contributed by atoms with Gasteiger partial charge in [-0.1, -0.05) is 18.9 Å². The predicted molar refractivity (Wildman–Crippen MR) is 83.8 cm³/mol. The van der Waals surface area contributed by atoms with Crippen molar-refractivity contribution in [3.8, 4) is 5.75 Å². The normalized spacial score (nSPS) is 17.1. The van der Waals surface area contributed by atoms with Gasteiger partial charge in [0.05, 0.1) is 18.3 Å². The minimum absolute atomic E-state index is 0.00535. The van der Waals surface area contributed by atoms with Crippen molar-refractivity contribution in [2.24, 2.45) is 5.73 Å². The average molecular weight is 291 g/mol. The molecular weight excluding hydrogens is 266 g/mol. The summed E-state index contributed by atoms with van der Waals surface area (Å²) in [6.07, 6.45) is 4.00. The Morgan fingerprint density at radius 2 is 2.10 bits per heavy atom. The fourth-order valence-electron chi connectivity index (χ4n) is 3.13. The number of ether oxygens (including phenoxy) is 1. The number of likely N-dealkylation sites (N-methyl/N-ethyl adjacent to an activating group) is 1. The van der Waals surface area contributed by atoms with Crippen LogP contribution in [-0.4, -0.2) is 42.1 Å². The molecule has 0 saturated heterocycles. The highest BCUT2D eigenvalue weighted by atomic mass is 16.5. The average Bonchev–Trinajstić information content (AvgIpc) is 2.84. The van der Waals surface area contributed by atoms with Crippen molar-refractivity contribution in [3.63, 3.8) is 0 Å². The Bertz CT molecular complexity index is 510. The first-order chi connectivity index (χ1) is 9.93. The number of nitrogens with one attached hydrogen (secondary N) is 1. The molecule has 0 amide bonds. The summed E-state index contributed by atoms with van der Waals surface area (Å²) in [5.74, 6) is 0.620. The van der Waals surface area contributed by atoms with E-state index in [4.69, 9.17) is 15.9 Å². The maximum atomic E-state index is 10.4. The minimum atomic E-state index is -0.537. The molecule has 2 rings (SSSR count). The van der Waals surface area contributed by atoms with E-state index in [1.54, 1.807) is 7.11 Å². The van der Waals surface area contributed by atoms with E-state index in [9.17, 15) is 5.11 Å². The number of benzene rings is 1. The summed E-state index contributed by atoms with van der Waals surface area (Å²) < 4.78 is 5.22. The molecule has 116 valence electrons. The number of nitrogen functional groups attached to an aromatic ring is 1. The third-order valence-corrected chi connectivity index (χ3v) is 4.11. The smallest absolute Gasteiger partial charge is 0.129 e. The van der Waals surface area contributed by atoms with Crippen LogP contribution in [0.5, 0.6) is 5.75 Å². The lowest BCUT2D eigenvalue weighted by atomic mass is 10.0. The zero-order chi connectivity index (χ0) is 15.5. The van der Waals surface area contributed by atoms with E-state index in [0.717, 1.165) is 31.2 Å². The van der Waals surface area contributed by atoms with Crippen LogP contribution < -0.4 is 10.5 Å². The molecule has 1 fully saturated rings. The van der Waals surface area contributed by atoms with Crippen LogP contribution in [0.3, 0.4) is 0 Å². The minimum Gasteiger partial charge on any atom is -0.496 e. The van der Waals surface area contributed by atoms with E-state index >= 15 is 0 Å². The number of rotatable bonds is 6. The molecule has 0 heterocycles. The van der Waals surface area contributed by atoms with Crippen LogP contribution >= 0.6 is 0 Å². The van der Waals surface area contributed by atoms with E-state index in [1.165, 1.54) is 0 Å². The molecule has 1 aliphatic rings. The van der Waals surface area contributed by atoms with Crippen molar-refractivity contribution in [2.75, 3.05) is 20.7 Å². The van der Waals surface area contributed by atoms with Crippen molar-refractivity contribution in [1.29, 1.82) is 5.41 Å². The second-order valence-electron chi connectivity index (χ2n) is 6.05. The van der Waals surface area contributed by atoms with E-state index in [-0.39, 0.29) is 5.84 Å².